The van der Waals surface area contributed by atoms with Crippen molar-refractivity contribution in [2.45, 2.75) is 33.1 Å². The summed E-state index contributed by atoms with van der Waals surface area (Å²) in [6.45, 7) is 10.1. The number of aromatic nitrogens is 1. The fraction of sp³-hybridized carbons (Fsp3) is 0.257. The number of benzene rings is 3. The Kier molecular flexibility index (Phi) is 12.3. The van der Waals surface area contributed by atoms with Gasteiger partial charge in [0.1, 0.15) is 12.7 Å². The van der Waals surface area contributed by atoms with E-state index < -0.39 is 0 Å². The standard InChI is InChI=1S/C26H25Cl2N5O2.C8H10.CH3NO/c1-2-11-31-16-25(35)32-17-24(34)30(14-20-6-3-5-19-7-4-10-29-26(19)20)15-23(32)33(31)13-18-8-9-21(27)22(28)12-18;1-7-3-5-8(2)6-4-7;2-1-3/h2-10,12,23H,1,11,13-17H2;3-6H,1-2H3;1H,(H2,2,3). The maximum atomic E-state index is 13.1. The number of halogens is 2. The number of hydrogen-bond donors (Lipinski definition) is 1. The Morgan fingerprint density at radius 2 is 1.59 bits per heavy atom. The van der Waals surface area contributed by atoms with E-state index in [4.69, 9.17) is 28.0 Å². The zero-order chi connectivity index (χ0) is 33.2. The molecule has 2 saturated heterocycles. The molecule has 3 heterocycles. The van der Waals surface area contributed by atoms with Gasteiger partial charge in [0, 0.05) is 31.2 Å². The number of hydrazine groups is 1. The molecule has 1 atom stereocenters. The molecular weight excluding hydrogens is 623 g/mol. The van der Waals surface area contributed by atoms with E-state index in [0.29, 0.717) is 36.2 Å². The third-order valence-corrected chi connectivity index (χ3v) is 8.45. The molecule has 2 N–H and O–H groups in total. The van der Waals surface area contributed by atoms with Crippen LogP contribution in [0.5, 0.6) is 0 Å². The van der Waals surface area contributed by atoms with Gasteiger partial charge in [-0.1, -0.05) is 95.0 Å². The van der Waals surface area contributed by atoms with E-state index in [-0.39, 0.29) is 37.5 Å². The van der Waals surface area contributed by atoms with Crippen LogP contribution in [0.25, 0.3) is 10.9 Å². The van der Waals surface area contributed by atoms with Crippen molar-refractivity contribution in [1.82, 2.24) is 24.8 Å². The molecule has 0 aliphatic carbocycles. The van der Waals surface area contributed by atoms with Crippen LogP contribution in [-0.4, -0.2) is 75.4 Å². The number of pyridine rings is 1. The summed E-state index contributed by atoms with van der Waals surface area (Å²) < 4.78 is 0. The number of fused-ring (bicyclic) bond motifs is 2. The summed E-state index contributed by atoms with van der Waals surface area (Å²) in [4.78, 5) is 42.7. The van der Waals surface area contributed by atoms with E-state index in [0.717, 1.165) is 22.0 Å². The van der Waals surface area contributed by atoms with Gasteiger partial charge < -0.3 is 15.5 Å². The molecule has 2 aliphatic rings. The minimum Gasteiger partial charge on any atom is -0.372 e. The largest absolute Gasteiger partial charge is 0.372 e. The van der Waals surface area contributed by atoms with Crippen molar-refractivity contribution in [2.75, 3.05) is 26.2 Å². The van der Waals surface area contributed by atoms with Gasteiger partial charge in [0.15, 0.2) is 0 Å². The smallest absolute Gasteiger partial charge is 0.242 e. The van der Waals surface area contributed by atoms with Crippen molar-refractivity contribution < 1.29 is 14.4 Å². The lowest BCUT2D eigenvalue weighted by molar-refractivity contribution is -0.195. The summed E-state index contributed by atoms with van der Waals surface area (Å²) in [6.07, 6.45) is 3.47. The molecule has 46 heavy (non-hydrogen) atoms. The van der Waals surface area contributed by atoms with E-state index in [1.54, 1.807) is 23.2 Å². The zero-order valence-electron chi connectivity index (χ0n) is 26.0. The number of aryl methyl sites for hydroxylation is 2. The van der Waals surface area contributed by atoms with Crippen LogP contribution >= 0.6 is 23.2 Å². The van der Waals surface area contributed by atoms with Crippen LogP contribution in [0.2, 0.25) is 10.0 Å². The molecule has 2 fully saturated rings. The number of amides is 3. The first-order valence-corrected chi connectivity index (χ1v) is 15.6. The average Bonchev–Trinajstić information content (AvgIpc) is 3.04. The molecule has 4 aromatic rings. The molecule has 0 spiro atoms. The van der Waals surface area contributed by atoms with Crippen LogP contribution in [0.3, 0.4) is 0 Å². The van der Waals surface area contributed by atoms with Crippen LogP contribution < -0.4 is 5.73 Å². The Morgan fingerprint density at radius 3 is 2.24 bits per heavy atom. The number of para-hydroxylation sites is 1. The predicted molar refractivity (Wildman–Crippen MR) is 183 cm³/mol. The normalized spacial score (nSPS) is 16.6. The molecule has 0 radical (unpaired) electrons. The Bertz CT molecular complexity index is 1660. The Morgan fingerprint density at radius 1 is 0.913 bits per heavy atom. The van der Waals surface area contributed by atoms with Gasteiger partial charge in [0.2, 0.25) is 18.2 Å². The molecule has 2 aliphatic heterocycles. The zero-order valence-corrected chi connectivity index (χ0v) is 27.5. The molecular formula is C35H38Cl2N6O3. The first-order chi connectivity index (χ1) is 22.1. The minimum absolute atomic E-state index is 0.0432. The molecule has 6 rings (SSSR count). The minimum atomic E-state index is -0.314. The maximum Gasteiger partial charge on any atom is 0.242 e. The highest BCUT2D eigenvalue weighted by atomic mass is 35.5. The number of rotatable bonds is 6. The van der Waals surface area contributed by atoms with Crippen LogP contribution in [0, 0.1) is 13.8 Å². The van der Waals surface area contributed by atoms with Crippen LogP contribution in [0.1, 0.15) is 22.3 Å². The highest BCUT2D eigenvalue weighted by Crippen LogP contribution is 2.28. The summed E-state index contributed by atoms with van der Waals surface area (Å²) in [7, 11) is 0. The molecule has 240 valence electrons. The Hall–Kier alpha value is -4.28. The highest BCUT2D eigenvalue weighted by molar-refractivity contribution is 6.42. The summed E-state index contributed by atoms with van der Waals surface area (Å²) in [5, 5.41) is 6.11. The first-order valence-electron chi connectivity index (χ1n) is 14.8. The number of hydrogen-bond acceptors (Lipinski definition) is 6. The first kappa shape index (κ1) is 34.6. The third kappa shape index (κ3) is 8.70. The van der Waals surface area contributed by atoms with Crippen LogP contribution in [0.4, 0.5) is 0 Å². The second-order valence-corrected chi connectivity index (χ2v) is 11.9. The molecule has 1 aromatic heterocycles. The summed E-state index contributed by atoms with van der Waals surface area (Å²) >= 11 is 12.4. The SMILES string of the molecule is C=CCN1CC(=O)N2CC(=O)N(Cc3cccc4cccnc34)CC2N1Cc1ccc(Cl)c(Cl)c1.Cc1ccc(C)cc1.NC=O. The third-order valence-electron chi connectivity index (χ3n) is 7.71. The molecule has 3 aromatic carbocycles. The van der Waals surface area contributed by atoms with Gasteiger partial charge in [-0.2, -0.15) is 0 Å². The second-order valence-electron chi connectivity index (χ2n) is 11.0. The van der Waals surface area contributed by atoms with Gasteiger partial charge in [-0.05, 0) is 43.2 Å². The van der Waals surface area contributed by atoms with E-state index in [9.17, 15) is 9.59 Å². The van der Waals surface area contributed by atoms with Crippen molar-refractivity contribution in [3.05, 3.63) is 124 Å². The van der Waals surface area contributed by atoms with E-state index in [2.05, 4.69) is 60.4 Å². The Labute approximate surface area is 279 Å². The lowest BCUT2D eigenvalue weighted by atomic mass is 10.1. The van der Waals surface area contributed by atoms with Gasteiger partial charge >= 0.3 is 0 Å². The number of carbonyl (C=O) groups excluding carboxylic acids is 3. The van der Waals surface area contributed by atoms with Gasteiger partial charge in [-0.3, -0.25) is 19.4 Å². The number of carbonyl (C=O) groups is 3. The second kappa shape index (κ2) is 16.3. The molecule has 11 heteroatoms. The van der Waals surface area contributed by atoms with Crippen LogP contribution in [-0.2, 0) is 27.5 Å². The van der Waals surface area contributed by atoms with E-state index >= 15 is 0 Å². The number of nitrogens with zero attached hydrogens (tertiary/aromatic N) is 5. The fourth-order valence-electron chi connectivity index (χ4n) is 5.42. The van der Waals surface area contributed by atoms with Gasteiger partial charge in [0.05, 0.1) is 28.7 Å². The highest BCUT2D eigenvalue weighted by Gasteiger charge is 2.44. The van der Waals surface area contributed by atoms with Crippen LogP contribution in [0.15, 0.2) is 91.6 Å². The van der Waals surface area contributed by atoms with Crippen molar-refractivity contribution in [1.29, 1.82) is 0 Å². The van der Waals surface area contributed by atoms with E-state index in [1.807, 2.05) is 52.4 Å². The molecule has 0 saturated carbocycles. The summed E-state index contributed by atoms with van der Waals surface area (Å²) in [5.41, 5.74) is 9.65. The van der Waals surface area contributed by atoms with Gasteiger partial charge in [-0.25, -0.2) is 10.0 Å². The van der Waals surface area contributed by atoms with Crippen molar-refractivity contribution >= 4 is 52.3 Å². The summed E-state index contributed by atoms with van der Waals surface area (Å²) in [5.74, 6) is -0.142. The monoisotopic (exact) mass is 660 g/mol. The Balaban J connectivity index is 0.000000373. The fourth-order valence-corrected chi connectivity index (χ4v) is 5.74. The van der Waals surface area contributed by atoms with Gasteiger partial charge in [0.25, 0.3) is 0 Å². The van der Waals surface area contributed by atoms with Crippen molar-refractivity contribution in [3.63, 3.8) is 0 Å². The summed E-state index contributed by atoms with van der Waals surface area (Å²) in [6, 6.07) is 23.9. The molecule has 0 bridgehead atoms. The average molecular weight is 662 g/mol. The number of piperazine rings is 1. The topological polar surface area (TPSA) is 103 Å². The van der Waals surface area contributed by atoms with Crippen molar-refractivity contribution in [2.24, 2.45) is 5.73 Å². The molecule has 9 nitrogen and oxygen atoms in total. The lowest BCUT2D eigenvalue weighted by Gasteiger charge is -2.52. The van der Waals surface area contributed by atoms with Gasteiger partial charge in [-0.15, -0.1) is 6.58 Å². The molecule has 3 amide bonds. The molecule has 1 unspecified atom stereocenters. The quantitative estimate of drug-likeness (QED) is 0.221. The number of primary amides is 1. The number of nitrogens with two attached hydrogens (primary N) is 1. The van der Waals surface area contributed by atoms with Crippen molar-refractivity contribution in [3.8, 4) is 0 Å². The maximum absolute atomic E-state index is 13.1. The lowest BCUT2D eigenvalue weighted by Crippen LogP contribution is -2.71. The van der Waals surface area contributed by atoms with E-state index in [1.165, 1.54) is 11.1 Å². The predicted octanol–water partition coefficient (Wildman–Crippen LogP) is 5.36.